The third kappa shape index (κ3) is 1.74. The molecule has 0 unspecified atom stereocenters. The second-order valence-electron chi connectivity index (χ2n) is 2.11. The summed E-state index contributed by atoms with van der Waals surface area (Å²) in [6.07, 6.45) is 1.55. The van der Waals surface area contributed by atoms with Crippen molar-refractivity contribution in [2.45, 2.75) is 12.3 Å². The highest BCUT2D eigenvalue weighted by molar-refractivity contribution is 4.98. The summed E-state index contributed by atoms with van der Waals surface area (Å²) in [5.74, 6) is -3.41. The van der Waals surface area contributed by atoms with Gasteiger partial charge in [0.1, 0.15) is 0 Å². The summed E-state index contributed by atoms with van der Waals surface area (Å²) in [6, 6.07) is 0. The van der Waals surface area contributed by atoms with Crippen molar-refractivity contribution >= 4 is 0 Å². The molecule has 62 valence electrons. The highest BCUT2D eigenvalue weighted by atomic mass is 19.3. The molecular formula is C6H8F2N2O. The normalized spacial score (nSPS) is 11.9. The van der Waals surface area contributed by atoms with E-state index in [1.807, 2.05) is 0 Å². The molecule has 1 aromatic rings. The Hall–Kier alpha value is -0.970. The zero-order valence-electron chi connectivity index (χ0n) is 5.76. The van der Waals surface area contributed by atoms with E-state index in [2.05, 4.69) is 9.40 Å². The summed E-state index contributed by atoms with van der Waals surface area (Å²) < 4.78 is 30.0. The molecule has 1 rings (SSSR count). The first-order valence-corrected chi connectivity index (χ1v) is 3.13. The van der Waals surface area contributed by atoms with Gasteiger partial charge in [-0.3, -0.25) is 0 Å². The summed E-state index contributed by atoms with van der Waals surface area (Å²) in [4.78, 5) is 3.38. The van der Waals surface area contributed by atoms with E-state index in [0.29, 0.717) is 0 Å². The molecule has 0 bridgehead atoms. The van der Waals surface area contributed by atoms with E-state index < -0.39 is 18.1 Å². The molecule has 0 radical (unpaired) electrons. The van der Waals surface area contributed by atoms with Crippen molar-refractivity contribution in [1.82, 2.24) is 4.98 Å². The van der Waals surface area contributed by atoms with Crippen LogP contribution in [0.25, 0.3) is 0 Å². The minimum absolute atomic E-state index is 0.0757. The SMILES string of the molecule is NCCC(F)(F)c1cnco1. The smallest absolute Gasteiger partial charge is 0.307 e. The Kier molecular flexibility index (Phi) is 2.19. The lowest BCUT2D eigenvalue weighted by atomic mass is 10.2. The monoisotopic (exact) mass is 162 g/mol. The number of oxazole rings is 1. The fourth-order valence-electron chi connectivity index (χ4n) is 0.701. The molecule has 0 fully saturated rings. The van der Waals surface area contributed by atoms with Crippen LogP contribution in [0.2, 0.25) is 0 Å². The second kappa shape index (κ2) is 2.96. The molecule has 0 aliphatic heterocycles. The van der Waals surface area contributed by atoms with Crippen LogP contribution < -0.4 is 5.73 Å². The number of rotatable bonds is 3. The predicted octanol–water partition coefficient (Wildman–Crippen LogP) is 1.12. The number of nitrogens with two attached hydrogens (primary N) is 1. The highest BCUT2D eigenvalue weighted by Gasteiger charge is 2.33. The summed E-state index contributed by atoms with van der Waals surface area (Å²) in [5, 5.41) is 0. The maximum Gasteiger partial charge on any atom is 0.307 e. The molecule has 0 aliphatic rings. The van der Waals surface area contributed by atoms with Crippen molar-refractivity contribution in [3.05, 3.63) is 18.4 Å². The number of hydrogen-bond acceptors (Lipinski definition) is 3. The number of halogens is 2. The number of aromatic nitrogens is 1. The van der Waals surface area contributed by atoms with Crippen molar-refractivity contribution in [3.63, 3.8) is 0 Å². The van der Waals surface area contributed by atoms with E-state index in [9.17, 15) is 8.78 Å². The summed E-state index contributed by atoms with van der Waals surface area (Å²) >= 11 is 0. The molecule has 11 heavy (non-hydrogen) atoms. The standard InChI is InChI=1S/C6H8F2N2O/c7-6(8,1-2-9)5-3-10-4-11-5/h3-4H,1-2,9H2. The summed E-state index contributed by atoms with van der Waals surface area (Å²) in [6.45, 7) is -0.0757. The van der Waals surface area contributed by atoms with Gasteiger partial charge in [0.2, 0.25) is 0 Å². The van der Waals surface area contributed by atoms with Crippen molar-refractivity contribution in [2.24, 2.45) is 5.73 Å². The highest BCUT2D eigenvalue weighted by Crippen LogP contribution is 2.30. The molecule has 0 aromatic carbocycles. The molecule has 0 spiro atoms. The van der Waals surface area contributed by atoms with Crippen LogP contribution in [0.5, 0.6) is 0 Å². The maximum absolute atomic E-state index is 12.8. The zero-order chi connectivity index (χ0) is 8.32. The lowest BCUT2D eigenvalue weighted by Crippen LogP contribution is -2.17. The van der Waals surface area contributed by atoms with Crippen LogP contribution >= 0.6 is 0 Å². The maximum atomic E-state index is 12.8. The van der Waals surface area contributed by atoms with Crippen LogP contribution in [-0.4, -0.2) is 11.5 Å². The fraction of sp³-hybridized carbons (Fsp3) is 0.500. The van der Waals surface area contributed by atoms with Gasteiger partial charge < -0.3 is 10.2 Å². The van der Waals surface area contributed by atoms with Crippen LogP contribution in [0.4, 0.5) is 8.78 Å². The van der Waals surface area contributed by atoms with Gasteiger partial charge in [0.25, 0.3) is 0 Å². The Morgan fingerprint density at radius 3 is 2.82 bits per heavy atom. The van der Waals surface area contributed by atoms with E-state index in [1.54, 1.807) is 0 Å². The van der Waals surface area contributed by atoms with E-state index >= 15 is 0 Å². The third-order valence-corrected chi connectivity index (χ3v) is 1.25. The average Bonchev–Trinajstić information content (AvgIpc) is 2.37. The molecule has 0 saturated carbocycles. The lowest BCUT2D eigenvalue weighted by Gasteiger charge is -2.10. The first-order valence-electron chi connectivity index (χ1n) is 3.13. The first-order chi connectivity index (χ1) is 5.17. The first kappa shape index (κ1) is 8.13. The minimum atomic E-state index is -2.98. The fourth-order valence-corrected chi connectivity index (χ4v) is 0.701. The average molecular weight is 162 g/mol. The molecule has 0 amide bonds. The Morgan fingerprint density at radius 2 is 2.36 bits per heavy atom. The summed E-state index contributed by atoms with van der Waals surface area (Å²) in [7, 11) is 0. The molecule has 2 N–H and O–H groups in total. The second-order valence-corrected chi connectivity index (χ2v) is 2.11. The van der Waals surface area contributed by atoms with Gasteiger partial charge in [0, 0.05) is 6.42 Å². The molecule has 5 heteroatoms. The van der Waals surface area contributed by atoms with Gasteiger partial charge in [-0.25, -0.2) is 4.98 Å². The largest absolute Gasteiger partial charge is 0.442 e. The Morgan fingerprint density at radius 1 is 1.64 bits per heavy atom. The van der Waals surface area contributed by atoms with Gasteiger partial charge in [-0.2, -0.15) is 8.78 Å². The molecule has 0 saturated heterocycles. The lowest BCUT2D eigenvalue weighted by molar-refractivity contribution is -0.0316. The van der Waals surface area contributed by atoms with Gasteiger partial charge in [-0.1, -0.05) is 0 Å². The number of nitrogens with zero attached hydrogens (tertiary/aromatic N) is 1. The van der Waals surface area contributed by atoms with E-state index in [0.717, 1.165) is 12.6 Å². The quantitative estimate of drug-likeness (QED) is 0.724. The van der Waals surface area contributed by atoms with Gasteiger partial charge in [0.05, 0.1) is 6.20 Å². The third-order valence-electron chi connectivity index (χ3n) is 1.25. The van der Waals surface area contributed by atoms with Crippen molar-refractivity contribution in [3.8, 4) is 0 Å². The summed E-state index contributed by atoms with van der Waals surface area (Å²) in [5.41, 5.74) is 4.98. The van der Waals surface area contributed by atoms with Crippen molar-refractivity contribution < 1.29 is 13.2 Å². The van der Waals surface area contributed by atoms with Crippen molar-refractivity contribution in [1.29, 1.82) is 0 Å². The predicted molar refractivity (Wildman–Crippen MR) is 34.1 cm³/mol. The van der Waals surface area contributed by atoms with Gasteiger partial charge in [0.15, 0.2) is 12.2 Å². The topological polar surface area (TPSA) is 52.0 Å². The Labute approximate surface area is 62.2 Å². The van der Waals surface area contributed by atoms with E-state index in [4.69, 9.17) is 5.73 Å². The van der Waals surface area contributed by atoms with E-state index in [1.165, 1.54) is 0 Å². The molecule has 1 aromatic heterocycles. The minimum Gasteiger partial charge on any atom is -0.442 e. The Balaban J connectivity index is 2.73. The molecule has 0 atom stereocenters. The van der Waals surface area contributed by atoms with Crippen LogP contribution in [0.3, 0.4) is 0 Å². The number of hydrogen-bond donors (Lipinski definition) is 1. The van der Waals surface area contributed by atoms with Gasteiger partial charge >= 0.3 is 5.92 Å². The number of alkyl halides is 2. The van der Waals surface area contributed by atoms with Crippen LogP contribution in [0.1, 0.15) is 12.2 Å². The van der Waals surface area contributed by atoms with Crippen LogP contribution in [0.15, 0.2) is 17.0 Å². The van der Waals surface area contributed by atoms with Gasteiger partial charge in [-0.05, 0) is 6.54 Å². The van der Waals surface area contributed by atoms with E-state index in [-0.39, 0.29) is 6.54 Å². The molecular weight excluding hydrogens is 154 g/mol. The van der Waals surface area contributed by atoms with Gasteiger partial charge in [-0.15, -0.1) is 0 Å². The molecule has 0 aliphatic carbocycles. The van der Waals surface area contributed by atoms with Crippen molar-refractivity contribution in [2.75, 3.05) is 6.54 Å². The van der Waals surface area contributed by atoms with Crippen LogP contribution in [0, 0.1) is 0 Å². The molecule has 1 heterocycles. The zero-order valence-corrected chi connectivity index (χ0v) is 5.76. The van der Waals surface area contributed by atoms with Crippen LogP contribution in [-0.2, 0) is 5.92 Å². The Bertz CT molecular complexity index is 210. The molecule has 3 nitrogen and oxygen atoms in total.